The molecule has 0 aromatic heterocycles. The average molecular weight is 129 g/mol. The monoisotopic (exact) mass is 129 g/mol. The van der Waals surface area contributed by atoms with E-state index in [1.54, 1.807) is 0 Å². The van der Waals surface area contributed by atoms with Crippen molar-refractivity contribution < 1.29 is 4.48 Å². The zero-order valence-electron chi connectivity index (χ0n) is 6.86. The summed E-state index contributed by atoms with van der Waals surface area (Å²) < 4.78 is 1.09. The summed E-state index contributed by atoms with van der Waals surface area (Å²) in [7, 11) is 4.53. The van der Waals surface area contributed by atoms with Crippen LogP contribution in [0.15, 0.2) is 0 Å². The molecule has 0 aromatic rings. The van der Waals surface area contributed by atoms with Crippen LogP contribution in [0.2, 0.25) is 0 Å². The van der Waals surface area contributed by atoms with E-state index in [-0.39, 0.29) is 5.66 Å². The molecule has 2 nitrogen and oxygen atoms in total. The second-order valence-corrected chi connectivity index (χ2v) is 3.89. The molecule has 0 bridgehead atoms. The van der Waals surface area contributed by atoms with Crippen LogP contribution in [-0.4, -0.2) is 37.3 Å². The average Bonchev–Trinajstić information content (AvgIpc) is 1.81. The minimum absolute atomic E-state index is 0.278. The minimum atomic E-state index is 0.278. The van der Waals surface area contributed by atoms with Gasteiger partial charge in [-0.3, -0.25) is 5.32 Å². The predicted octanol–water partition coefficient (Wildman–Crippen LogP) is 0.402. The van der Waals surface area contributed by atoms with Crippen molar-refractivity contribution >= 4 is 0 Å². The maximum Gasteiger partial charge on any atom is 0.147 e. The highest BCUT2D eigenvalue weighted by molar-refractivity contribution is 4.71. The quantitative estimate of drug-likeness (QED) is 0.467. The molecule has 1 N–H and O–H groups in total. The second-order valence-electron chi connectivity index (χ2n) is 3.89. The van der Waals surface area contributed by atoms with Crippen LogP contribution < -0.4 is 5.32 Å². The van der Waals surface area contributed by atoms with Gasteiger partial charge in [-0.2, -0.15) is 0 Å². The Bertz CT molecular complexity index is 102. The Kier molecular flexibility index (Phi) is 1.33. The molecule has 0 amide bonds. The van der Waals surface area contributed by atoms with E-state index in [2.05, 4.69) is 33.3 Å². The zero-order valence-corrected chi connectivity index (χ0v) is 6.86. The molecule has 9 heavy (non-hydrogen) atoms. The van der Waals surface area contributed by atoms with Gasteiger partial charge in [-0.15, -0.1) is 0 Å². The van der Waals surface area contributed by atoms with Gasteiger partial charge in [0.1, 0.15) is 5.66 Å². The van der Waals surface area contributed by atoms with Crippen LogP contribution in [0.3, 0.4) is 0 Å². The SMILES string of the molecule is CC1(C)NCC[N+]1(C)C. The van der Waals surface area contributed by atoms with Gasteiger partial charge in [0.05, 0.1) is 27.2 Å². The van der Waals surface area contributed by atoms with Gasteiger partial charge in [-0.05, 0) is 0 Å². The molecule has 54 valence electrons. The van der Waals surface area contributed by atoms with Crippen molar-refractivity contribution in [2.45, 2.75) is 19.5 Å². The summed E-state index contributed by atoms with van der Waals surface area (Å²) in [5.41, 5.74) is 0.278. The lowest BCUT2D eigenvalue weighted by molar-refractivity contribution is -0.925. The molecule has 0 aromatic carbocycles. The predicted molar refractivity (Wildman–Crippen MR) is 39.1 cm³/mol. The van der Waals surface area contributed by atoms with Gasteiger partial charge in [0.15, 0.2) is 0 Å². The summed E-state index contributed by atoms with van der Waals surface area (Å²) in [4.78, 5) is 0. The maximum absolute atomic E-state index is 3.46. The molecule has 0 aliphatic carbocycles. The van der Waals surface area contributed by atoms with Crippen molar-refractivity contribution in [3.05, 3.63) is 0 Å². The molecule has 0 radical (unpaired) electrons. The van der Waals surface area contributed by atoms with Crippen LogP contribution in [0.1, 0.15) is 13.8 Å². The van der Waals surface area contributed by atoms with Crippen LogP contribution in [0.4, 0.5) is 0 Å². The summed E-state index contributed by atoms with van der Waals surface area (Å²) in [6.45, 7) is 6.90. The number of hydrogen-bond acceptors (Lipinski definition) is 1. The van der Waals surface area contributed by atoms with Crippen molar-refractivity contribution in [2.24, 2.45) is 0 Å². The molecular weight excluding hydrogens is 112 g/mol. The third kappa shape index (κ3) is 0.970. The first-order chi connectivity index (χ1) is 3.96. The highest BCUT2D eigenvalue weighted by atomic mass is 15.5. The van der Waals surface area contributed by atoms with Crippen LogP contribution in [0.5, 0.6) is 0 Å². The minimum Gasteiger partial charge on any atom is -0.311 e. The van der Waals surface area contributed by atoms with Crippen molar-refractivity contribution in [3.8, 4) is 0 Å². The molecule has 1 aliphatic rings. The van der Waals surface area contributed by atoms with E-state index in [1.165, 1.54) is 6.54 Å². The molecule has 2 heteroatoms. The lowest BCUT2D eigenvalue weighted by atomic mass is 10.2. The molecule has 0 atom stereocenters. The number of hydrogen-bond donors (Lipinski definition) is 1. The van der Waals surface area contributed by atoms with Crippen molar-refractivity contribution in [1.82, 2.24) is 5.32 Å². The van der Waals surface area contributed by atoms with Crippen molar-refractivity contribution in [2.75, 3.05) is 27.2 Å². The molecule has 0 spiro atoms. The Morgan fingerprint density at radius 1 is 1.33 bits per heavy atom. The van der Waals surface area contributed by atoms with Gasteiger partial charge < -0.3 is 4.48 Å². The molecule has 1 rings (SSSR count). The largest absolute Gasteiger partial charge is 0.311 e. The normalized spacial score (nSPS) is 30.7. The summed E-state index contributed by atoms with van der Waals surface area (Å²) in [6.07, 6.45) is 0. The summed E-state index contributed by atoms with van der Waals surface area (Å²) >= 11 is 0. The highest BCUT2D eigenvalue weighted by Gasteiger charge is 2.40. The Morgan fingerprint density at radius 3 is 2.00 bits per heavy atom. The summed E-state index contributed by atoms with van der Waals surface area (Å²) in [6, 6.07) is 0. The number of nitrogens with zero attached hydrogens (tertiary/aromatic N) is 1. The van der Waals surface area contributed by atoms with Crippen LogP contribution in [0.25, 0.3) is 0 Å². The summed E-state index contributed by atoms with van der Waals surface area (Å²) in [5.74, 6) is 0. The lowest BCUT2D eigenvalue weighted by Crippen LogP contribution is -2.55. The molecule has 1 saturated heterocycles. The first kappa shape index (κ1) is 7.03. The summed E-state index contributed by atoms with van der Waals surface area (Å²) in [5, 5.41) is 3.46. The standard InChI is InChI=1S/C7H17N2/c1-7(2)8-5-6-9(7,3)4/h8H,5-6H2,1-4H3/q+1. The smallest absolute Gasteiger partial charge is 0.147 e. The maximum atomic E-state index is 3.46. The first-order valence-electron chi connectivity index (χ1n) is 3.54. The number of quaternary nitrogens is 1. The molecule has 0 unspecified atom stereocenters. The van der Waals surface area contributed by atoms with Gasteiger partial charge in [0, 0.05) is 13.8 Å². The van der Waals surface area contributed by atoms with E-state index in [1.807, 2.05) is 0 Å². The van der Waals surface area contributed by atoms with Gasteiger partial charge in [-0.1, -0.05) is 0 Å². The Hall–Kier alpha value is -0.0800. The van der Waals surface area contributed by atoms with E-state index in [0.717, 1.165) is 11.0 Å². The molecule has 1 fully saturated rings. The fourth-order valence-electron chi connectivity index (χ4n) is 1.13. The van der Waals surface area contributed by atoms with Gasteiger partial charge >= 0.3 is 0 Å². The van der Waals surface area contributed by atoms with Gasteiger partial charge in [0.25, 0.3) is 0 Å². The van der Waals surface area contributed by atoms with Crippen LogP contribution >= 0.6 is 0 Å². The van der Waals surface area contributed by atoms with E-state index in [4.69, 9.17) is 0 Å². The zero-order chi connectivity index (χ0) is 7.12. The number of nitrogens with one attached hydrogen (secondary N) is 1. The fourth-order valence-corrected chi connectivity index (χ4v) is 1.13. The lowest BCUT2D eigenvalue weighted by Gasteiger charge is -2.37. The highest BCUT2D eigenvalue weighted by Crippen LogP contribution is 2.20. The number of rotatable bonds is 0. The molecule has 0 saturated carbocycles. The van der Waals surface area contributed by atoms with Crippen LogP contribution in [0, 0.1) is 0 Å². The third-order valence-corrected chi connectivity index (χ3v) is 2.74. The molecular formula is C7H17N2+. The van der Waals surface area contributed by atoms with E-state index in [0.29, 0.717) is 0 Å². The molecule has 1 aliphatic heterocycles. The fraction of sp³-hybridized carbons (Fsp3) is 1.00. The molecule has 1 heterocycles. The number of likely N-dealkylation sites (N-methyl/N-ethyl adjacent to an activating group) is 1. The Morgan fingerprint density at radius 2 is 1.89 bits per heavy atom. The Labute approximate surface area is 57.4 Å². The first-order valence-corrected chi connectivity index (χ1v) is 3.54. The van der Waals surface area contributed by atoms with E-state index >= 15 is 0 Å². The van der Waals surface area contributed by atoms with Gasteiger partial charge in [-0.25, -0.2) is 0 Å². The van der Waals surface area contributed by atoms with E-state index < -0.39 is 0 Å². The van der Waals surface area contributed by atoms with Crippen molar-refractivity contribution in [3.63, 3.8) is 0 Å². The van der Waals surface area contributed by atoms with Crippen molar-refractivity contribution in [1.29, 1.82) is 0 Å². The second kappa shape index (κ2) is 1.70. The Balaban J connectivity index is 2.75. The van der Waals surface area contributed by atoms with Gasteiger partial charge in [0.2, 0.25) is 0 Å². The topological polar surface area (TPSA) is 12.0 Å². The van der Waals surface area contributed by atoms with Crippen LogP contribution in [-0.2, 0) is 0 Å². The van der Waals surface area contributed by atoms with E-state index in [9.17, 15) is 0 Å². The third-order valence-electron chi connectivity index (χ3n) is 2.74.